The summed E-state index contributed by atoms with van der Waals surface area (Å²) in [6.45, 7) is 4.08. The van der Waals surface area contributed by atoms with Gasteiger partial charge in [0, 0.05) is 34.8 Å². The van der Waals surface area contributed by atoms with Crippen LogP contribution in [0.1, 0.15) is 18.1 Å². The Labute approximate surface area is 116 Å². The summed E-state index contributed by atoms with van der Waals surface area (Å²) < 4.78 is 5.49. The number of hydrogen-bond acceptors (Lipinski definition) is 2. The summed E-state index contributed by atoms with van der Waals surface area (Å²) in [4.78, 5) is 8.71. The second kappa shape index (κ2) is 7.79. The van der Waals surface area contributed by atoms with Gasteiger partial charge in [0.25, 0.3) is 0 Å². The molecular formula is C15H25N3O. The molecule has 0 unspecified atom stereocenters. The molecule has 106 valence electrons. The first kappa shape index (κ1) is 15.5. The van der Waals surface area contributed by atoms with Crippen LogP contribution in [0.3, 0.4) is 0 Å². The van der Waals surface area contributed by atoms with Gasteiger partial charge in [0.1, 0.15) is 0 Å². The van der Waals surface area contributed by atoms with Gasteiger partial charge >= 0.3 is 0 Å². The van der Waals surface area contributed by atoms with E-state index in [1.165, 1.54) is 11.1 Å². The third-order valence-corrected chi connectivity index (χ3v) is 2.77. The van der Waals surface area contributed by atoms with E-state index in [-0.39, 0.29) is 0 Å². The zero-order valence-electron chi connectivity index (χ0n) is 12.7. The first-order chi connectivity index (χ1) is 9.06. The molecular weight excluding hydrogens is 238 g/mol. The summed E-state index contributed by atoms with van der Waals surface area (Å²) in [5, 5.41) is 0. The highest BCUT2D eigenvalue weighted by atomic mass is 16.5. The van der Waals surface area contributed by atoms with Crippen molar-refractivity contribution in [3.63, 3.8) is 0 Å². The van der Waals surface area contributed by atoms with Crippen molar-refractivity contribution in [2.75, 3.05) is 34.8 Å². The standard InChI is InChI=1S/C15H25N3O/c1-6-19-12-14-10-8-7-9-13(14)11-16-15(17(2)3)18(4)5/h7-10H,6,11-12H2,1-5H3. The third kappa shape index (κ3) is 4.91. The number of aliphatic imine (C=N–C) groups is 1. The molecule has 0 saturated heterocycles. The SMILES string of the molecule is CCOCc1ccccc1CN=C(N(C)C)N(C)C. The van der Waals surface area contributed by atoms with Crippen LogP contribution in [-0.2, 0) is 17.9 Å². The Hall–Kier alpha value is -1.55. The molecule has 0 amide bonds. The maximum atomic E-state index is 5.49. The van der Waals surface area contributed by atoms with Gasteiger partial charge in [0.05, 0.1) is 13.2 Å². The van der Waals surface area contributed by atoms with Crippen LogP contribution < -0.4 is 0 Å². The molecule has 4 nitrogen and oxygen atoms in total. The van der Waals surface area contributed by atoms with Gasteiger partial charge in [-0.3, -0.25) is 0 Å². The zero-order valence-corrected chi connectivity index (χ0v) is 12.7. The Morgan fingerprint density at radius 1 is 1.05 bits per heavy atom. The molecule has 0 aromatic heterocycles. The minimum Gasteiger partial charge on any atom is -0.377 e. The van der Waals surface area contributed by atoms with E-state index < -0.39 is 0 Å². The van der Waals surface area contributed by atoms with E-state index in [2.05, 4.69) is 17.1 Å². The fraction of sp³-hybridized carbons (Fsp3) is 0.533. The number of nitrogens with zero attached hydrogens (tertiary/aromatic N) is 3. The molecule has 0 fully saturated rings. The molecule has 1 aromatic carbocycles. The predicted octanol–water partition coefficient (Wildman–Crippen LogP) is 2.20. The lowest BCUT2D eigenvalue weighted by molar-refractivity contribution is 0.133. The van der Waals surface area contributed by atoms with E-state index >= 15 is 0 Å². The van der Waals surface area contributed by atoms with Crippen LogP contribution in [-0.4, -0.2) is 50.6 Å². The van der Waals surface area contributed by atoms with Gasteiger partial charge in [-0.2, -0.15) is 0 Å². The molecule has 0 spiro atoms. The van der Waals surface area contributed by atoms with Crippen molar-refractivity contribution in [1.82, 2.24) is 9.80 Å². The molecule has 0 atom stereocenters. The van der Waals surface area contributed by atoms with Crippen LogP contribution in [0.25, 0.3) is 0 Å². The Morgan fingerprint density at radius 3 is 2.16 bits per heavy atom. The normalized spacial score (nSPS) is 10.2. The van der Waals surface area contributed by atoms with E-state index in [0.717, 1.165) is 12.6 Å². The molecule has 0 bridgehead atoms. The van der Waals surface area contributed by atoms with Gasteiger partial charge in [-0.1, -0.05) is 24.3 Å². The minimum atomic E-state index is 0.654. The smallest absolute Gasteiger partial charge is 0.195 e. The van der Waals surface area contributed by atoms with Crippen molar-refractivity contribution >= 4 is 5.96 Å². The highest BCUT2D eigenvalue weighted by molar-refractivity contribution is 5.79. The second-order valence-corrected chi connectivity index (χ2v) is 4.81. The van der Waals surface area contributed by atoms with E-state index in [1.54, 1.807) is 0 Å². The van der Waals surface area contributed by atoms with Crippen LogP contribution >= 0.6 is 0 Å². The van der Waals surface area contributed by atoms with Crippen LogP contribution in [0.5, 0.6) is 0 Å². The van der Waals surface area contributed by atoms with Crippen molar-refractivity contribution in [1.29, 1.82) is 0 Å². The van der Waals surface area contributed by atoms with Gasteiger partial charge in [0.2, 0.25) is 0 Å². The number of ether oxygens (including phenoxy) is 1. The molecule has 0 aliphatic rings. The number of rotatable bonds is 5. The van der Waals surface area contributed by atoms with Gasteiger partial charge in [0.15, 0.2) is 5.96 Å². The quantitative estimate of drug-likeness (QED) is 0.602. The third-order valence-electron chi connectivity index (χ3n) is 2.77. The molecule has 19 heavy (non-hydrogen) atoms. The maximum Gasteiger partial charge on any atom is 0.195 e. The van der Waals surface area contributed by atoms with Crippen LogP contribution in [0, 0.1) is 0 Å². The fourth-order valence-corrected chi connectivity index (χ4v) is 1.90. The van der Waals surface area contributed by atoms with E-state index in [9.17, 15) is 0 Å². The van der Waals surface area contributed by atoms with E-state index in [1.807, 2.05) is 57.0 Å². The first-order valence-electron chi connectivity index (χ1n) is 6.59. The van der Waals surface area contributed by atoms with Crippen molar-refractivity contribution in [3.05, 3.63) is 35.4 Å². The lowest BCUT2D eigenvalue weighted by atomic mass is 10.1. The van der Waals surface area contributed by atoms with Crippen LogP contribution in [0.2, 0.25) is 0 Å². The number of hydrogen-bond donors (Lipinski definition) is 0. The predicted molar refractivity (Wildman–Crippen MR) is 80.3 cm³/mol. The Balaban J connectivity index is 2.83. The second-order valence-electron chi connectivity index (χ2n) is 4.81. The number of benzene rings is 1. The summed E-state index contributed by atoms with van der Waals surface area (Å²) >= 11 is 0. The monoisotopic (exact) mass is 263 g/mol. The van der Waals surface area contributed by atoms with Crippen LogP contribution in [0.4, 0.5) is 0 Å². The summed E-state index contributed by atoms with van der Waals surface area (Å²) in [5.74, 6) is 0.964. The van der Waals surface area contributed by atoms with Gasteiger partial charge in [-0.15, -0.1) is 0 Å². The Morgan fingerprint density at radius 2 is 1.63 bits per heavy atom. The summed E-state index contributed by atoms with van der Waals surface area (Å²) in [6, 6.07) is 8.30. The topological polar surface area (TPSA) is 28.1 Å². The summed E-state index contributed by atoms with van der Waals surface area (Å²) in [6.07, 6.45) is 0. The molecule has 0 N–H and O–H groups in total. The molecule has 0 radical (unpaired) electrons. The van der Waals surface area contributed by atoms with Gasteiger partial charge < -0.3 is 14.5 Å². The molecule has 1 aromatic rings. The molecule has 0 aliphatic carbocycles. The van der Waals surface area contributed by atoms with Crippen LogP contribution in [0.15, 0.2) is 29.3 Å². The zero-order chi connectivity index (χ0) is 14.3. The molecule has 1 rings (SSSR count). The van der Waals surface area contributed by atoms with Crippen molar-refractivity contribution < 1.29 is 4.74 Å². The van der Waals surface area contributed by atoms with Gasteiger partial charge in [-0.05, 0) is 18.1 Å². The average molecular weight is 263 g/mol. The summed E-state index contributed by atoms with van der Waals surface area (Å²) in [5.41, 5.74) is 2.43. The van der Waals surface area contributed by atoms with E-state index in [0.29, 0.717) is 13.2 Å². The number of guanidine groups is 1. The molecule has 0 aliphatic heterocycles. The summed E-state index contributed by atoms with van der Waals surface area (Å²) in [7, 11) is 8.02. The van der Waals surface area contributed by atoms with Crippen molar-refractivity contribution in [2.24, 2.45) is 4.99 Å². The Bertz CT molecular complexity index is 404. The lowest BCUT2D eigenvalue weighted by Crippen LogP contribution is -2.35. The van der Waals surface area contributed by atoms with E-state index in [4.69, 9.17) is 4.74 Å². The fourth-order valence-electron chi connectivity index (χ4n) is 1.90. The Kier molecular flexibility index (Phi) is 6.36. The van der Waals surface area contributed by atoms with Crippen molar-refractivity contribution in [2.45, 2.75) is 20.1 Å². The molecule has 0 heterocycles. The average Bonchev–Trinajstić information content (AvgIpc) is 2.37. The largest absolute Gasteiger partial charge is 0.377 e. The lowest BCUT2D eigenvalue weighted by Gasteiger charge is -2.22. The maximum absolute atomic E-state index is 5.49. The van der Waals surface area contributed by atoms with Crippen molar-refractivity contribution in [3.8, 4) is 0 Å². The molecule has 0 saturated carbocycles. The first-order valence-corrected chi connectivity index (χ1v) is 6.59. The highest BCUT2D eigenvalue weighted by Crippen LogP contribution is 2.12. The highest BCUT2D eigenvalue weighted by Gasteiger charge is 2.05. The minimum absolute atomic E-state index is 0.654. The van der Waals surface area contributed by atoms with Gasteiger partial charge in [-0.25, -0.2) is 4.99 Å². The molecule has 4 heteroatoms.